The predicted molar refractivity (Wildman–Crippen MR) is 152 cm³/mol. The maximum Gasteiger partial charge on any atom is 0.0236 e. The molecule has 1 aliphatic rings. The van der Waals surface area contributed by atoms with Crippen LogP contribution in [-0.4, -0.2) is 43.5 Å². The van der Waals surface area contributed by atoms with Gasteiger partial charge in [0.2, 0.25) is 0 Å². The van der Waals surface area contributed by atoms with Crippen LogP contribution in [0.1, 0.15) is 95.9 Å². The molecular weight excluding hydrogens is 412 g/mol. The summed E-state index contributed by atoms with van der Waals surface area (Å²) < 4.78 is 0. The van der Waals surface area contributed by atoms with Crippen molar-refractivity contribution in [3.8, 4) is 0 Å². The minimum Gasteiger partial charge on any atom is -0.301 e. The summed E-state index contributed by atoms with van der Waals surface area (Å²) in [6.07, 6.45) is 8.32. The summed E-state index contributed by atoms with van der Waals surface area (Å²) >= 11 is 0. The SMILES string of the molecule is Cc1c(C(C)C)ccc(C(C)C)c1CN(C)CCN(C)CC1=C(C(C)C)C=C(C(C)C)CC=C1. The second-order valence-electron chi connectivity index (χ2n) is 11.7. The first-order chi connectivity index (χ1) is 15.9. The summed E-state index contributed by atoms with van der Waals surface area (Å²) in [7, 11) is 4.55. The number of benzene rings is 1. The van der Waals surface area contributed by atoms with Crippen LogP contribution < -0.4 is 0 Å². The minimum atomic E-state index is 0.549. The van der Waals surface area contributed by atoms with Crippen molar-refractivity contribution in [3.05, 3.63) is 69.3 Å². The average Bonchev–Trinajstić information content (AvgIpc) is 2.96. The molecule has 2 nitrogen and oxygen atoms in total. The molecule has 0 bridgehead atoms. The molecule has 2 rings (SSSR count). The topological polar surface area (TPSA) is 6.48 Å². The molecule has 34 heavy (non-hydrogen) atoms. The predicted octanol–water partition coefficient (Wildman–Crippen LogP) is 8.10. The normalized spacial score (nSPS) is 15.0. The van der Waals surface area contributed by atoms with Crippen molar-refractivity contribution < 1.29 is 0 Å². The van der Waals surface area contributed by atoms with E-state index in [9.17, 15) is 0 Å². The van der Waals surface area contributed by atoms with E-state index in [1.165, 1.54) is 33.4 Å². The van der Waals surface area contributed by atoms with Gasteiger partial charge in [-0.15, -0.1) is 0 Å². The van der Waals surface area contributed by atoms with Gasteiger partial charge in [-0.05, 0) is 84.5 Å². The van der Waals surface area contributed by atoms with E-state index in [-0.39, 0.29) is 0 Å². The highest BCUT2D eigenvalue weighted by atomic mass is 15.2. The molecule has 0 amide bonds. The second kappa shape index (κ2) is 12.9. The van der Waals surface area contributed by atoms with E-state index in [0.29, 0.717) is 23.7 Å². The van der Waals surface area contributed by atoms with Gasteiger partial charge in [0.25, 0.3) is 0 Å². The molecule has 0 aromatic heterocycles. The molecule has 1 aliphatic carbocycles. The highest BCUT2D eigenvalue weighted by molar-refractivity contribution is 5.43. The van der Waals surface area contributed by atoms with Gasteiger partial charge in [0, 0.05) is 26.2 Å². The fourth-order valence-electron chi connectivity index (χ4n) is 5.10. The zero-order valence-corrected chi connectivity index (χ0v) is 24.1. The minimum absolute atomic E-state index is 0.549. The van der Waals surface area contributed by atoms with Crippen molar-refractivity contribution >= 4 is 0 Å². The van der Waals surface area contributed by atoms with Crippen LogP contribution in [-0.2, 0) is 6.54 Å². The lowest BCUT2D eigenvalue weighted by atomic mass is 9.87. The molecule has 1 aromatic rings. The first-order valence-electron chi connectivity index (χ1n) is 13.5. The summed E-state index contributed by atoms with van der Waals surface area (Å²) in [5.74, 6) is 2.28. The molecule has 2 heteroatoms. The van der Waals surface area contributed by atoms with E-state index in [1.54, 1.807) is 5.57 Å². The largest absolute Gasteiger partial charge is 0.301 e. The molecule has 0 unspecified atom stereocenters. The molecule has 190 valence electrons. The number of hydrogen-bond acceptors (Lipinski definition) is 2. The number of hydrogen-bond donors (Lipinski definition) is 0. The Hall–Kier alpha value is -1.64. The van der Waals surface area contributed by atoms with E-state index in [4.69, 9.17) is 0 Å². The molecule has 0 saturated carbocycles. The maximum atomic E-state index is 2.51. The van der Waals surface area contributed by atoms with E-state index in [2.05, 4.69) is 117 Å². The van der Waals surface area contributed by atoms with Gasteiger partial charge in [-0.1, -0.05) is 91.3 Å². The molecule has 0 aliphatic heterocycles. The second-order valence-corrected chi connectivity index (χ2v) is 11.7. The average molecular weight is 465 g/mol. The fraction of sp³-hybridized carbons (Fsp3) is 0.625. The number of allylic oxidation sites excluding steroid dienone is 4. The highest BCUT2D eigenvalue weighted by Gasteiger charge is 2.17. The van der Waals surface area contributed by atoms with Gasteiger partial charge in [-0.25, -0.2) is 0 Å². The monoisotopic (exact) mass is 464 g/mol. The third-order valence-electron chi connectivity index (χ3n) is 7.40. The van der Waals surface area contributed by atoms with Gasteiger partial charge in [0.15, 0.2) is 0 Å². The third-order valence-corrected chi connectivity index (χ3v) is 7.40. The Bertz CT molecular complexity index is 896. The Labute approximate surface area is 211 Å². The van der Waals surface area contributed by atoms with Gasteiger partial charge in [0.05, 0.1) is 0 Å². The molecule has 0 spiro atoms. The first-order valence-corrected chi connectivity index (χ1v) is 13.5. The maximum absolute atomic E-state index is 2.51. The quantitative estimate of drug-likeness (QED) is 0.326. The lowest BCUT2D eigenvalue weighted by molar-refractivity contribution is 0.261. The zero-order chi connectivity index (χ0) is 25.6. The Balaban J connectivity index is 2.10. The van der Waals surface area contributed by atoms with Crippen LogP contribution >= 0.6 is 0 Å². The zero-order valence-electron chi connectivity index (χ0n) is 24.1. The van der Waals surface area contributed by atoms with E-state index < -0.39 is 0 Å². The smallest absolute Gasteiger partial charge is 0.0236 e. The van der Waals surface area contributed by atoms with Crippen LogP contribution in [0.25, 0.3) is 0 Å². The molecule has 0 heterocycles. The van der Waals surface area contributed by atoms with E-state index in [0.717, 1.165) is 32.6 Å². The van der Waals surface area contributed by atoms with Gasteiger partial charge >= 0.3 is 0 Å². The Morgan fingerprint density at radius 1 is 0.735 bits per heavy atom. The molecule has 0 saturated heterocycles. The lowest BCUT2D eigenvalue weighted by Crippen LogP contribution is -2.32. The van der Waals surface area contributed by atoms with Crippen LogP contribution in [0.5, 0.6) is 0 Å². The fourth-order valence-corrected chi connectivity index (χ4v) is 5.10. The Morgan fingerprint density at radius 3 is 1.82 bits per heavy atom. The third kappa shape index (κ3) is 7.68. The van der Waals surface area contributed by atoms with Crippen LogP contribution in [0.3, 0.4) is 0 Å². The van der Waals surface area contributed by atoms with Gasteiger partial charge in [-0.2, -0.15) is 0 Å². The summed E-state index contributed by atoms with van der Waals surface area (Å²) in [6.45, 7) is 25.0. The summed E-state index contributed by atoms with van der Waals surface area (Å²) in [5, 5.41) is 0. The van der Waals surface area contributed by atoms with Crippen molar-refractivity contribution in [2.24, 2.45) is 11.8 Å². The van der Waals surface area contributed by atoms with Crippen LogP contribution in [0.15, 0.2) is 47.1 Å². The number of nitrogens with zero attached hydrogens (tertiary/aromatic N) is 2. The molecule has 0 radical (unpaired) electrons. The Kier molecular flexibility index (Phi) is 10.8. The van der Waals surface area contributed by atoms with Crippen molar-refractivity contribution in [2.75, 3.05) is 33.7 Å². The molecule has 0 N–H and O–H groups in total. The van der Waals surface area contributed by atoms with Crippen LogP contribution in [0.2, 0.25) is 0 Å². The van der Waals surface area contributed by atoms with Gasteiger partial charge in [0.1, 0.15) is 0 Å². The van der Waals surface area contributed by atoms with Gasteiger partial charge in [-0.3, -0.25) is 0 Å². The molecule has 0 atom stereocenters. The number of likely N-dealkylation sites (N-methyl/N-ethyl adjacent to an activating group) is 2. The van der Waals surface area contributed by atoms with Gasteiger partial charge < -0.3 is 9.80 Å². The van der Waals surface area contributed by atoms with Crippen molar-refractivity contribution in [1.82, 2.24) is 9.80 Å². The van der Waals surface area contributed by atoms with E-state index in [1.807, 2.05) is 0 Å². The van der Waals surface area contributed by atoms with Crippen molar-refractivity contribution in [1.29, 1.82) is 0 Å². The molecular formula is C32H52N2. The highest BCUT2D eigenvalue weighted by Crippen LogP contribution is 2.30. The standard InChI is InChI=1S/C32H52N2/c1-22(2)27-13-12-14-28(31(19-27)25(7)8)20-33(10)17-18-34(11)21-32-26(9)29(23(3)4)15-16-30(32)24(5)6/h12,14-16,19,22-25H,13,17-18,20-21H2,1-11H3. The molecule has 1 aromatic carbocycles. The van der Waals surface area contributed by atoms with Crippen LogP contribution in [0.4, 0.5) is 0 Å². The molecule has 0 fully saturated rings. The number of rotatable bonds is 11. The Morgan fingerprint density at radius 2 is 1.29 bits per heavy atom. The summed E-state index contributed by atoms with van der Waals surface area (Å²) in [5.41, 5.74) is 10.6. The van der Waals surface area contributed by atoms with Crippen molar-refractivity contribution in [2.45, 2.75) is 87.1 Å². The van der Waals surface area contributed by atoms with E-state index >= 15 is 0 Å². The summed E-state index contributed by atoms with van der Waals surface area (Å²) in [6, 6.07) is 4.73. The van der Waals surface area contributed by atoms with Crippen LogP contribution in [0, 0.1) is 18.8 Å². The summed E-state index contributed by atoms with van der Waals surface area (Å²) in [4.78, 5) is 5.00. The lowest BCUT2D eigenvalue weighted by Gasteiger charge is -2.27. The first kappa shape index (κ1) is 28.6. The van der Waals surface area contributed by atoms with Crippen molar-refractivity contribution in [3.63, 3.8) is 0 Å².